The van der Waals surface area contributed by atoms with Crippen LogP contribution in [0, 0.1) is 0 Å². The molecule has 19 heavy (non-hydrogen) atoms. The van der Waals surface area contributed by atoms with Gasteiger partial charge >= 0.3 is 5.97 Å². The van der Waals surface area contributed by atoms with Crippen molar-refractivity contribution in [3.05, 3.63) is 28.7 Å². The number of aliphatic carboxylic acids is 1. The van der Waals surface area contributed by atoms with Crippen LogP contribution in [0.5, 0.6) is 0 Å². The van der Waals surface area contributed by atoms with E-state index in [4.69, 9.17) is 5.11 Å². The fourth-order valence-corrected chi connectivity index (χ4v) is 4.95. The van der Waals surface area contributed by atoms with Gasteiger partial charge in [0, 0.05) is 18.0 Å². The fourth-order valence-electron chi connectivity index (χ4n) is 1.95. The van der Waals surface area contributed by atoms with Gasteiger partial charge in [0.05, 0.1) is 6.42 Å². The van der Waals surface area contributed by atoms with E-state index in [0.717, 1.165) is 23.3 Å². The van der Waals surface area contributed by atoms with Crippen molar-refractivity contribution in [1.29, 1.82) is 0 Å². The van der Waals surface area contributed by atoms with Crippen molar-refractivity contribution in [3.63, 3.8) is 0 Å². The second-order valence-electron chi connectivity index (χ2n) is 4.47. The molecule has 0 bridgehead atoms. The SMILES string of the molecule is CC1=CCCN(S(=O)(=O)c2ccc(CC(=O)O)s2)C1. The Balaban J connectivity index is 2.22. The molecule has 0 spiro atoms. The fraction of sp³-hybridized carbons (Fsp3) is 0.417. The van der Waals surface area contributed by atoms with E-state index >= 15 is 0 Å². The van der Waals surface area contributed by atoms with Crippen LogP contribution in [0.15, 0.2) is 28.0 Å². The van der Waals surface area contributed by atoms with Crippen LogP contribution in [0.2, 0.25) is 0 Å². The Bertz CT molecular complexity index is 615. The van der Waals surface area contributed by atoms with Crippen LogP contribution in [0.4, 0.5) is 0 Å². The highest BCUT2D eigenvalue weighted by molar-refractivity contribution is 7.91. The summed E-state index contributed by atoms with van der Waals surface area (Å²) >= 11 is 1.03. The number of rotatable bonds is 4. The zero-order chi connectivity index (χ0) is 14.0. The second kappa shape index (κ2) is 5.44. The van der Waals surface area contributed by atoms with Gasteiger partial charge in [0.15, 0.2) is 0 Å². The summed E-state index contributed by atoms with van der Waals surface area (Å²) in [5.74, 6) is -0.956. The Hall–Kier alpha value is -1.18. The number of carboxylic acids is 1. The third-order valence-corrected chi connectivity index (χ3v) is 6.25. The third kappa shape index (κ3) is 3.23. The van der Waals surface area contributed by atoms with Crippen molar-refractivity contribution in [2.45, 2.75) is 24.0 Å². The monoisotopic (exact) mass is 301 g/mol. The van der Waals surface area contributed by atoms with E-state index in [-0.39, 0.29) is 10.6 Å². The molecule has 1 aromatic rings. The minimum absolute atomic E-state index is 0.140. The summed E-state index contributed by atoms with van der Waals surface area (Å²) in [6.45, 7) is 2.80. The Morgan fingerprint density at radius 1 is 1.47 bits per heavy atom. The van der Waals surface area contributed by atoms with Crippen molar-refractivity contribution in [2.24, 2.45) is 0 Å². The molecule has 5 nitrogen and oxygen atoms in total. The van der Waals surface area contributed by atoms with Gasteiger partial charge in [0.2, 0.25) is 0 Å². The maximum absolute atomic E-state index is 12.4. The summed E-state index contributed by atoms with van der Waals surface area (Å²) in [4.78, 5) is 11.2. The number of sulfonamides is 1. The molecule has 104 valence electrons. The summed E-state index contributed by atoms with van der Waals surface area (Å²) in [6.07, 6.45) is 2.62. The molecule has 0 radical (unpaired) electrons. The topological polar surface area (TPSA) is 74.7 Å². The third-order valence-electron chi connectivity index (χ3n) is 2.85. The van der Waals surface area contributed by atoms with Gasteiger partial charge in [-0.05, 0) is 25.5 Å². The number of nitrogens with zero attached hydrogens (tertiary/aromatic N) is 1. The van der Waals surface area contributed by atoms with E-state index < -0.39 is 16.0 Å². The average molecular weight is 301 g/mol. The predicted molar refractivity (Wildman–Crippen MR) is 72.8 cm³/mol. The molecule has 0 unspecified atom stereocenters. The number of thiophene rings is 1. The quantitative estimate of drug-likeness (QED) is 0.859. The van der Waals surface area contributed by atoms with Crippen LogP contribution in [0.25, 0.3) is 0 Å². The first-order valence-corrected chi connectivity index (χ1v) is 8.11. The lowest BCUT2D eigenvalue weighted by Crippen LogP contribution is -2.34. The van der Waals surface area contributed by atoms with Crippen LogP contribution in [0.1, 0.15) is 18.2 Å². The molecule has 0 amide bonds. The Kier molecular flexibility index (Phi) is 4.07. The maximum Gasteiger partial charge on any atom is 0.308 e. The van der Waals surface area contributed by atoms with Crippen LogP contribution in [0.3, 0.4) is 0 Å². The summed E-state index contributed by atoms with van der Waals surface area (Å²) < 4.78 is 26.5. The molecule has 2 rings (SSSR count). The summed E-state index contributed by atoms with van der Waals surface area (Å²) in [6, 6.07) is 3.06. The van der Waals surface area contributed by atoms with Gasteiger partial charge in [-0.3, -0.25) is 4.79 Å². The van der Waals surface area contributed by atoms with Crippen LogP contribution in [-0.2, 0) is 21.2 Å². The molecule has 0 saturated heterocycles. The number of carboxylic acid groups (broad SMARTS) is 1. The molecular formula is C12H15NO4S2. The number of hydrogen-bond donors (Lipinski definition) is 1. The Labute approximate surface area is 116 Å². The average Bonchev–Trinajstić information content (AvgIpc) is 2.77. The lowest BCUT2D eigenvalue weighted by atomic mass is 10.2. The van der Waals surface area contributed by atoms with Crippen molar-refractivity contribution in [1.82, 2.24) is 4.31 Å². The molecule has 7 heteroatoms. The van der Waals surface area contributed by atoms with Crippen LogP contribution < -0.4 is 0 Å². The van der Waals surface area contributed by atoms with Gasteiger partial charge < -0.3 is 5.11 Å². The van der Waals surface area contributed by atoms with Gasteiger partial charge in [-0.2, -0.15) is 4.31 Å². The number of hydrogen-bond acceptors (Lipinski definition) is 4. The molecule has 1 aliphatic rings. The highest BCUT2D eigenvalue weighted by Crippen LogP contribution is 2.27. The van der Waals surface area contributed by atoms with Gasteiger partial charge in [-0.15, -0.1) is 11.3 Å². The van der Waals surface area contributed by atoms with Gasteiger partial charge in [0.1, 0.15) is 4.21 Å². The van der Waals surface area contributed by atoms with Crippen LogP contribution >= 0.6 is 11.3 Å². The van der Waals surface area contributed by atoms with Crippen molar-refractivity contribution < 1.29 is 18.3 Å². The molecule has 0 aromatic carbocycles. The van der Waals surface area contributed by atoms with Crippen molar-refractivity contribution >= 4 is 27.3 Å². The minimum Gasteiger partial charge on any atom is -0.481 e. The standard InChI is InChI=1S/C12H15NO4S2/c1-9-3-2-6-13(8-9)19(16,17)12-5-4-10(18-12)7-11(14)15/h3-5H,2,6-8H2,1H3,(H,14,15). The van der Waals surface area contributed by atoms with E-state index in [0.29, 0.717) is 18.0 Å². The largest absolute Gasteiger partial charge is 0.481 e. The lowest BCUT2D eigenvalue weighted by Gasteiger charge is -2.24. The first-order chi connectivity index (χ1) is 8.89. The van der Waals surface area contributed by atoms with Gasteiger partial charge in [-0.25, -0.2) is 8.42 Å². The van der Waals surface area contributed by atoms with E-state index in [9.17, 15) is 13.2 Å². The van der Waals surface area contributed by atoms with E-state index in [1.807, 2.05) is 13.0 Å². The van der Waals surface area contributed by atoms with Gasteiger partial charge in [0.25, 0.3) is 10.0 Å². The molecular weight excluding hydrogens is 286 g/mol. The normalized spacial score (nSPS) is 17.2. The molecule has 0 aliphatic carbocycles. The minimum atomic E-state index is -3.49. The Morgan fingerprint density at radius 3 is 2.84 bits per heavy atom. The lowest BCUT2D eigenvalue weighted by molar-refractivity contribution is -0.136. The molecule has 0 fully saturated rings. The maximum atomic E-state index is 12.4. The van der Waals surface area contributed by atoms with E-state index in [2.05, 4.69) is 0 Å². The molecule has 1 aromatic heterocycles. The number of carbonyl (C=O) groups is 1. The predicted octanol–water partition coefficient (Wildman–Crippen LogP) is 1.72. The highest BCUT2D eigenvalue weighted by atomic mass is 32.2. The smallest absolute Gasteiger partial charge is 0.308 e. The summed E-state index contributed by atoms with van der Waals surface area (Å²) in [5.41, 5.74) is 1.04. The van der Waals surface area contributed by atoms with Gasteiger partial charge in [-0.1, -0.05) is 11.6 Å². The molecule has 2 heterocycles. The summed E-state index contributed by atoms with van der Waals surface area (Å²) in [5, 5.41) is 8.70. The Morgan fingerprint density at radius 2 is 2.21 bits per heavy atom. The molecule has 0 saturated carbocycles. The molecule has 0 atom stereocenters. The van der Waals surface area contributed by atoms with Crippen molar-refractivity contribution in [3.8, 4) is 0 Å². The zero-order valence-corrected chi connectivity index (χ0v) is 12.1. The first-order valence-electron chi connectivity index (χ1n) is 5.86. The van der Waals surface area contributed by atoms with Crippen LogP contribution in [-0.4, -0.2) is 36.9 Å². The first kappa shape index (κ1) is 14.2. The van der Waals surface area contributed by atoms with E-state index in [1.165, 1.54) is 10.4 Å². The zero-order valence-electron chi connectivity index (χ0n) is 10.5. The molecule has 1 N–H and O–H groups in total. The summed E-state index contributed by atoms with van der Waals surface area (Å²) in [7, 11) is -3.49. The highest BCUT2D eigenvalue weighted by Gasteiger charge is 2.27. The second-order valence-corrected chi connectivity index (χ2v) is 7.80. The van der Waals surface area contributed by atoms with E-state index in [1.54, 1.807) is 6.07 Å². The van der Waals surface area contributed by atoms with Crippen molar-refractivity contribution in [2.75, 3.05) is 13.1 Å². The molecule has 1 aliphatic heterocycles.